The SMILES string of the molecule is CNCC(c1ccc(C)cc1)C1CCSC1. The van der Waals surface area contributed by atoms with Crippen LogP contribution in [0.2, 0.25) is 0 Å². The van der Waals surface area contributed by atoms with Crippen LogP contribution < -0.4 is 5.32 Å². The van der Waals surface area contributed by atoms with Gasteiger partial charge in [0, 0.05) is 6.54 Å². The molecular weight excluding hydrogens is 214 g/mol. The molecule has 16 heavy (non-hydrogen) atoms. The minimum absolute atomic E-state index is 0.695. The fourth-order valence-corrected chi connectivity index (χ4v) is 3.80. The fraction of sp³-hybridized carbons (Fsp3) is 0.571. The Bertz CT molecular complexity index is 314. The summed E-state index contributed by atoms with van der Waals surface area (Å²) in [5.41, 5.74) is 2.86. The standard InChI is InChI=1S/C14H21NS/c1-11-3-5-12(6-4-11)14(9-15-2)13-7-8-16-10-13/h3-6,13-15H,7-10H2,1-2H3. The molecule has 2 heteroatoms. The Labute approximate surface area is 103 Å². The molecule has 1 aliphatic rings. The van der Waals surface area contributed by atoms with E-state index in [1.165, 1.54) is 29.1 Å². The number of thioether (sulfide) groups is 1. The molecule has 1 aromatic rings. The maximum absolute atomic E-state index is 3.35. The van der Waals surface area contributed by atoms with E-state index in [0.29, 0.717) is 5.92 Å². The van der Waals surface area contributed by atoms with Crippen LogP contribution in [0.15, 0.2) is 24.3 Å². The number of hydrogen-bond donors (Lipinski definition) is 1. The maximum atomic E-state index is 3.35. The van der Waals surface area contributed by atoms with Crippen LogP contribution in [0.4, 0.5) is 0 Å². The first-order chi connectivity index (χ1) is 7.81. The van der Waals surface area contributed by atoms with Crippen molar-refractivity contribution in [3.8, 4) is 0 Å². The van der Waals surface area contributed by atoms with E-state index >= 15 is 0 Å². The maximum Gasteiger partial charge on any atom is 0.00201 e. The van der Waals surface area contributed by atoms with Gasteiger partial charge in [-0.15, -0.1) is 0 Å². The van der Waals surface area contributed by atoms with Crippen molar-refractivity contribution in [1.82, 2.24) is 5.32 Å². The van der Waals surface area contributed by atoms with Crippen LogP contribution in [0.1, 0.15) is 23.5 Å². The molecule has 1 aliphatic heterocycles. The smallest absolute Gasteiger partial charge is 0.00201 e. The molecule has 2 atom stereocenters. The molecule has 0 amide bonds. The average molecular weight is 235 g/mol. The van der Waals surface area contributed by atoms with Crippen LogP contribution in [0.25, 0.3) is 0 Å². The van der Waals surface area contributed by atoms with Gasteiger partial charge in [-0.05, 0) is 49.3 Å². The molecule has 0 spiro atoms. The fourth-order valence-electron chi connectivity index (χ4n) is 2.46. The van der Waals surface area contributed by atoms with Crippen molar-refractivity contribution in [2.24, 2.45) is 5.92 Å². The summed E-state index contributed by atoms with van der Waals surface area (Å²) in [6.07, 6.45) is 1.38. The van der Waals surface area contributed by atoms with Crippen LogP contribution in [0.5, 0.6) is 0 Å². The number of aryl methyl sites for hydroxylation is 1. The Balaban J connectivity index is 2.14. The number of rotatable bonds is 4. The van der Waals surface area contributed by atoms with E-state index in [1.807, 2.05) is 0 Å². The largest absolute Gasteiger partial charge is 0.319 e. The van der Waals surface area contributed by atoms with Gasteiger partial charge in [0.15, 0.2) is 0 Å². The summed E-state index contributed by atoms with van der Waals surface area (Å²) in [4.78, 5) is 0. The summed E-state index contributed by atoms with van der Waals surface area (Å²) in [6, 6.07) is 9.08. The molecule has 1 aromatic carbocycles. The van der Waals surface area contributed by atoms with Crippen LogP contribution in [-0.4, -0.2) is 25.1 Å². The van der Waals surface area contributed by atoms with Gasteiger partial charge < -0.3 is 5.32 Å². The normalized spacial score (nSPS) is 22.2. The third kappa shape index (κ3) is 2.80. The molecule has 0 aliphatic carbocycles. The van der Waals surface area contributed by atoms with E-state index in [2.05, 4.69) is 55.3 Å². The van der Waals surface area contributed by atoms with E-state index in [-0.39, 0.29) is 0 Å². The highest BCUT2D eigenvalue weighted by atomic mass is 32.2. The Morgan fingerprint density at radius 2 is 2.12 bits per heavy atom. The summed E-state index contributed by atoms with van der Waals surface area (Å²) in [5.74, 6) is 4.23. The van der Waals surface area contributed by atoms with Crippen molar-refractivity contribution in [2.75, 3.05) is 25.1 Å². The first-order valence-corrected chi connectivity index (χ1v) is 7.25. The third-order valence-electron chi connectivity index (χ3n) is 3.46. The summed E-state index contributed by atoms with van der Waals surface area (Å²) in [6.45, 7) is 3.26. The van der Waals surface area contributed by atoms with E-state index in [9.17, 15) is 0 Å². The highest BCUT2D eigenvalue weighted by Crippen LogP contribution is 2.35. The molecular formula is C14H21NS. The predicted molar refractivity (Wildman–Crippen MR) is 73.3 cm³/mol. The van der Waals surface area contributed by atoms with E-state index in [1.54, 1.807) is 0 Å². The van der Waals surface area contributed by atoms with Gasteiger partial charge in [0.2, 0.25) is 0 Å². The first kappa shape index (κ1) is 12.0. The van der Waals surface area contributed by atoms with Gasteiger partial charge in [0.05, 0.1) is 0 Å². The molecule has 1 heterocycles. The minimum atomic E-state index is 0.695. The topological polar surface area (TPSA) is 12.0 Å². The van der Waals surface area contributed by atoms with Gasteiger partial charge in [0.25, 0.3) is 0 Å². The minimum Gasteiger partial charge on any atom is -0.319 e. The van der Waals surface area contributed by atoms with Crippen LogP contribution in [0, 0.1) is 12.8 Å². The highest BCUT2D eigenvalue weighted by Gasteiger charge is 2.25. The second kappa shape index (κ2) is 5.74. The monoisotopic (exact) mass is 235 g/mol. The predicted octanol–water partition coefficient (Wildman–Crippen LogP) is 3.05. The van der Waals surface area contributed by atoms with Gasteiger partial charge >= 0.3 is 0 Å². The molecule has 1 nitrogen and oxygen atoms in total. The van der Waals surface area contributed by atoms with E-state index in [0.717, 1.165) is 12.5 Å². The summed E-state index contributed by atoms with van der Waals surface area (Å²) in [7, 11) is 2.06. The first-order valence-electron chi connectivity index (χ1n) is 6.10. The summed E-state index contributed by atoms with van der Waals surface area (Å²) in [5, 5.41) is 3.35. The lowest BCUT2D eigenvalue weighted by atomic mass is 9.85. The van der Waals surface area contributed by atoms with E-state index < -0.39 is 0 Å². The van der Waals surface area contributed by atoms with Gasteiger partial charge in [-0.1, -0.05) is 29.8 Å². The number of benzene rings is 1. The Morgan fingerprint density at radius 1 is 1.38 bits per heavy atom. The quantitative estimate of drug-likeness (QED) is 0.861. The summed E-state index contributed by atoms with van der Waals surface area (Å²) < 4.78 is 0. The number of nitrogens with one attached hydrogen (secondary N) is 1. The zero-order chi connectivity index (χ0) is 11.4. The lowest BCUT2D eigenvalue weighted by Gasteiger charge is -2.23. The van der Waals surface area contributed by atoms with Crippen molar-refractivity contribution < 1.29 is 0 Å². The molecule has 2 rings (SSSR count). The third-order valence-corrected chi connectivity index (χ3v) is 4.65. The zero-order valence-electron chi connectivity index (χ0n) is 10.2. The molecule has 1 N–H and O–H groups in total. The van der Waals surface area contributed by atoms with Crippen LogP contribution in [-0.2, 0) is 0 Å². The Kier molecular flexibility index (Phi) is 4.30. The van der Waals surface area contributed by atoms with Crippen molar-refractivity contribution in [2.45, 2.75) is 19.3 Å². The van der Waals surface area contributed by atoms with E-state index in [4.69, 9.17) is 0 Å². The zero-order valence-corrected chi connectivity index (χ0v) is 11.0. The molecule has 0 aromatic heterocycles. The molecule has 0 bridgehead atoms. The van der Waals surface area contributed by atoms with Gasteiger partial charge in [-0.3, -0.25) is 0 Å². The van der Waals surface area contributed by atoms with Gasteiger partial charge in [0.1, 0.15) is 0 Å². The summed E-state index contributed by atoms with van der Waals surface area (Å²) >= 11 is 2.11. The second-order valence-corrected chi connectivity index (χ2v) is 5.85. The molecule has 1 saturated heterocycles. The molecule has 88 valence electrons. The number of likely N-dealkylation sites (N-methyl/N-ethyl adjacent to an activating group) is 1. The highest BCUT2D eigenvalue weighted by molar-refractivity contribution is 7.99. The lowest BCUT2D eigenvalue weighted by molar-refractivity contribution is 0.453. The number of hydrogen-bond acceptors (Lipinski definition) is 2. The van der Waals surface area contributed by atoms with Crippen LogP contribution >= 0.6 is 11.8 Å². The van der Waals surface area contributed by atoms with Crippen molar-refractivity contribution in [1.29, 1.82) is 0 Å². The van der Waals surface area contributed by atoms with Crippen molar-refractivity contribution >= 4 is 11.8 Å². The van der Waals surface area contributed by atoms with Crippen molar-refractivity contribution in [3.05, 3.63) is 35.4 Å². The molecule has 0 saturated carbocycles. The second-order valence-electron chi connectivity index (χ2n) is 4.70. The lowest BCUT2D eigenvalue weighted by Crippen LogP contribution is -2.24. The molecule has 0 radical (unpaired) electrons. The Hall–Kier alpha value is -0.470. The molecule has 2 unspecified atom stereocenters. The van der Waals surface area contributed by atoms with Crippen molar-refractivity contribution in [3.63, 3.8) is 0 Å². The molecule has 1 fully saturated rings. The average Bonchev–Trinajstić information content (AvgIpc) is 2.81. The van der Waals surface area contributed by atoms with Crippen LogP contribution in [0.3, 0.4) is 0 Å². The van der Waals surface area contributed by atoms with Gasteiger partial charge in [-0.2, -0.15) is 11.8 Å². The van der Waals surface area contributed by atoms with Gasteiger partial charge in [-0.25, -0.2) is 0 Å². The Morgan fingerprint density at radius 3 is 2.69 bits per heavy atom.